The Hall–Kier alpha value is -0.540. The number of hydrogen-bond donors (Lipinski definition) is 1. The second kappa shape index (κ2) is 6.95. The van der Waals surface area contributed by atoms with Crippen LogP contribution in [0.5, 0.6) is 0 Å². The molecule has 2 unspecified atom stereocenters. The van der Waals surface area contributed by atoms with Crippen molar-refractivity contribution >= 4 is 21.6 Å². The lowest BCUT2D eigenvalue weighted by molar-refractivity contribution is 0.351. The molecule has 0 radical (unpaired) electrons. The number of benzene rings is 1. The first-order valence-electron chi connectivity index (χ1n) is 7.79. The number of rotatable bonds is 3. The van der Waals surface area contributed by atoms with Gasteiger partial charge in [-0.3, -0.25) is 0 Å². The first-order chi connectivity index (χ1) is 9.49. The van der Waals surface area contributed by atoms with Gasteiger partial charge in [0.2, 0.25) is 0 Å². The third-order valence-corrected chi connectivity index (χ3v) is 5.03. The van der Waals surface area contributed by atoms with Crippen molar-refractivity contribution in [2.45, 2.75) is 46.1 Å². The lowest BCUT2D eigenvalue weighted by atomic mass is 9.89. The number of anilines is 1. The zero-order chi connectivity index (χ0) is 14.7. The Morgan fingerprint density at radius 2 is 1.95 bits per heavy atom. The van der Waals surface area contributed by atoms with E-state index in [4.69, 9.17) is 5.73 Å². The van der Waals surface area contributed by atoms with Crippen molar-refractivity contribution in [1.82, 2.24) is 0 Å². The van der Waals surface area contributed by atoms with Crippen molar-refractivity contribution in [2.75, 3.05) is 18.0 Å². The maximum Gasteiger partial charge on any atom is 0.0415 e. The van der Waals surface area contributed by atoms with Crippen LogP contribution in [-0.4, -0.2) is 13.1 Å². The molecule has 1 fully saturated rings. The van der Waals surface area contributed by atoms with Crippen molar-refractivity contribution in [1.29, 1.82) is 0 Å². The Balaban J connectivity index is 2.19. The van der Waals surface area contributed by atoms with Crippen molar-refractivity contribution in [3.05, 3.63) is 28.2 Å². The normalized spacial score (nSPS) is 21.9. The standard InChI is InChI=1S/C17H27BrN2/c1-12(2)14-5-4-9-20(10-8-14)17-7-6-15(18)11-16(17)13(3)19/h6-7,11-14H,4-5,8-10,19H2,1-3H3. The highest BCUT2D eigenvalue weighted by Gasteiger charge is 2.21. The summed E-state index contributed by atoms with van der Waals surface area (Å²) >= 11 is 3.56. The Morgan fingerprint density at radius 3 is 2.60 bits per heavy atom. The fraction of sp³-hybridized carbons (Fsp3) is 0.647. The molecular weight excluding hydrogens is 312 g/mol. The second-order valence-electron chi connectivity index (χ2n) is 6.41. The van der Waals surface area contributed by atoms with Gasteiger partial charge in [-0.05, 0) is 61.8 Å². The van der Waals surface area contributed by atoms with Crippen LogP contribution >= 0.6 is 15.9 Å². The minimum atomic E-state index is 0.0756. The molecule has 0 aliphatic carbocycles. The largest absolute Gasteiger partial charge is 0.371 e. The summed E-state index contributed by atoms with van der Waals surface area (Å²) in [5.74, 6) is 1.67. The summed E-state index contributed by atoms with van der Waals surface area (Å²) in [5, 5.41) is 0. The molecule has 112 valence electrons. The van der Waals surface area contributed by atoms with Gasteiger partial charge in [0.05, 0.1) is 0 Å². The van der Waals surface area contributed by atoms with Gasteiger partial charge in [-0.15, -0.1) is 0 Å². The summed E-state index contributed by atoms with van der Waals surface area (Å²) in [6.07, 6.45) is 3.95. The molecule has 1 aliphatic heterocycles. The molecule has 1 aromatic carbocycles. The first kappa shape index (κ1) is 15.8. The molecule has 2 rings (SSSR count). The summed E-state index contributed by atoms with van der Waals surface area (Å²) in [5.41, 5.74) is 8.74. The lowest BCUT2D eigenvalue weighted by Crippen LogP contribution is -2.26. The van der Waals surface area contributed by atoms with Crippen LogP contribution in [0, 0.1) is 11.8 Å². The van der Waals surface area contributed by atoms with Crippen LogP contribution in [0.1, 0.15) is 51.6 Å². The van der Waals surface area contributed by atoms with Gasteiger partial charge in [0.25, 0.3) is 0 Å². The van der Waals surface area contributed by atoms with Crippen molar-refractivity contribution in [2.24, 2.45) is 17.6 Å². The summed E-state index contributed by atoms with van der Waals surface area (Å²) < 4.78 is 1.11. The smallest absolute Gasteiger partial charge is 0.0415 e. The highest BCUT2D eigenvalue weighted by molar-refractivity contribution is 9.10. The zero-order valence-corrected chi connectivity index (χ0v) is 14.5. The topological polar surface area (TPSA) is 29.3 Å². The average Bonchev–Trinajstić information content (AvgIpc) is 2.64. The van der Waals surface area contributed by atoms with Gasteiger partial charge in [-0.2, -0.15) is 0 Å². The number of hydrogen-bond acceptors (Lipinski definition) is 2. The van der Waals surface area contributed by atoms with Gasteiger partial charge in [-0.1, -0.05) is 29.8 Å². The van der Waals surface area contributed by atoms with E-state index < -0.39 is 0 Å². The predicted molar refractivity (Wildman–Crippen MR) is 91.1 cm³/mol. The van der Waals surface area contributed by atoms with Crippen molar-refractivity contribution in [3.63, 3.8) is 0 Å². The molecule has 2 nitrogen and oxygen atoms in total. The van der Waals surface area contributed by atoms with E-state index in [2.05, 4.69) is 59.8 Å². The van der Waals surface area contributed by atoms with Crippen LogP contribution in [0.2, 0.25) is 0 Å². The van der Waals surface area contributed by atoms with E-state index >= 15 is 0 Å². The van der Waals surface area contributed by atoms with E-state index in [1.165, 1.54) is 30.5 Å². The van der Waals surface area contributed by atoms with Gasteiger partial charge >= 0.3 is 0 Å². The summed E-state index contributed by atoms with van der Waals surface area (Å²) in [6.45, 7) is 9.09. The highest BCUT2D eigenvalue weighted by atomic mass is 79.9. The van der Waals surface area contributed by atoms with Crippen LogP contribution in [0.15, 0.2) is 22.7 Å². The SMILES string of the molecule is CC(N)c1cc(Br)ccc1N1CCCC(C(C)C)CC1. The molecule has 0 saturated carbocycles. The van der Waals surface area contributed by atoms with E-state index in [1.54, 1.807) is 0 Å². The minimum absolute atomic E-state index is 0.0756. The third-order valence-electron chi connectivity index (χ3n) is 4.54. The maximum atomic E-state index is 6.16. The average molecular weight is 339 g/mol. The van der Waals surface area contributed by atoms with E-state index in [0.29, 0.717) is 0 Å². The van der Waals surface area contributed by atoms with Crippen LogP contribution in [-0.2, 0) is 0 Å². The molecule has 1 aromatic rings. The lowest BCUT2D eigenvalue weighted by Gasteiger charge is -2.27. The van der Waals surface area contributed by atoms with E-state index in [0.717, 1.165) is 29.4 Å². The number of halogens is 1. The van der Waals surface area contributed by atoms with Crippen molar-refractivity contribution in [3.8, 4) is 0 Å². The molecular formula is C17H27BrN2. The van der Waals surface area contributed by atoms with E-state index in [1.807, 2.05) is 0 Å². The monoisotopic (exact) mass is 338 g/mol. The Kier molecular flexibility index (Phi) is 5.50. The molecule has 3 heteroatoms. The third kappa shape index (κ3) is 3.76. The molecule has 1 aliphatic rings. The van der Waals surface area contributed by atoms with Gasteiger partial charge in [-0.25, -0.2) is 0 Å². The first-order valence-corrected chi connectivity index (χ1v) is 8.58. The zero-order valence-electron chi connectivity index (χ0n) is 12.9. The van der Waals surface area contributed by atoms with Gasteiger partial charge < -0.3 is 10.6 Å². The molecule has 1 saturated heterocycles. The quantitative estimate of drug-likeness (QED) is 0.862. The van der Waals surface area contributed by atoms with Crippen LogP contribution < -0.4 is 10.6 Å². The van der Waals surface area contributed by atoms with E-state index in [-0.39, 0.29) is 6.04 Å². The molecule has 2 N–H and O–H groups in total. The van der Waals surface area contributed by atoms with Crippen LogP contribution in [0.3, 0.4) is 0 Å². The molecule has 0 amide bonds. The predicted octanol–water partition coefficient (Wildman–Crippen LogP) is 4.73. The summed E-state index contributed by atoms with van der Waals surface area (Å²) in [6, 6.07) is 6.60. The fourth-order valence-corrected chi connectivity index (χ4v) is 3.59. The molecule has 0 bridgehead atoms. The maximum absolute atomic E-state index is 6.16. The van der Waals surface area contributed by atoms with Gasteiger partial charge in [0.1, 0.15) is 0 Å². The Bertz CT molecular complexity index is 443. The molecule has 0 spiro atoms. The Labute approximate surface area is 131 Å². The number of nitrogens with two attached hydrogens (primary N) is 1. The van der Waals surface area contributed by atoms with E-state index in [9.17, 15) is 0 Å². The molecule has 20 heavy (non-hydrogen) atoms. The minimum Gasteiger partial charge on any atom is -0.371 e. The van der Waals surface area contributed by atoms with Gasteiger partial charge in [0.15, 0.2) is 0 Å². The van der Waals surface area contributed by atoms with Gasteiger partial charge in [0, 0.05) is 29.3 Å². The molecule has 0 aromatic heterocycles. The van der Waals surface area contributed by atoms with Crippen LogP contribution in [0.25, 0.3) is 0 Å². The van der Waals surface area contributed by atoms with Crippen molar-refractivity contribution < 1.29 is 0 Å². The second-order valence-corrected chi connectivity index (χ2v) is 7.33. The summed E-state index contributed by atoms with van der Waals surface area (Å²) in [4.78, 5) is 2.54. The van der Waals surface area contributed by atoms with Crippen LogP contribution in [0.4, 0.5) is 5.69 Å². The highest BCUT2D eigenvalue weighted by Crippen LogP contribution is 2.32. The summed E-state index contributed by atoms with van der Waals surface area (Å²) in [7, 11) is 0. The fourth-order valence-electron chi connectivity index (χ4n) is 3.21. The Morgan fingerprint density at radius 1 is 1.20 bits per heavy atom. The number of nitrogens with zero attached hydrogens (tertiary/aromatic N) is 1. The molecule has 2 atom stereocenters. The molecule has 1 heterocycles.